The van der Waals surface area contributed by atoms with Crippen molar-refractivity contribution < 1.29 is 9.90 Å². The molecule has 0 amide bonds. The summed E-state index contributed by atoms with van der Waals surface area (Å²) in [5, 5.41) is 10.1. The first-order chi connectivity index (χ1) is 13.0. The minimum Gasteiger partial charge on any atom is -0.392 e. The lowest BCUT2D eigenvalue weighted by Crippen LogP contribution is -2.32. The zero-order valence-electron chi connectivity index (χ0n) is 16.0. The van der Waals surface area contributed by atoms with Crippen molar-refractivity contribution in [1.29, 1.82) is 0 Å². The van der Waals surface area contributed by atoms with Gasteiger partial charge in [-0.15, -0.1) is 0 Å². The molecule has 142 valence electrons. The molecule has 0 radical (unpaired) electrons. The second kappa shape index (κ2) is 10.5. The summed E-state index contributed by atoms with van der Waals surface area (Å²) in [6, 6.07) is 10.8. The van der Waals surface area contributed by atoms with Crippen LogP contribution in [0.1, 0.15) is 48.2 Å². The molecular formula is C22H27N3O2. The number of benzene rings is 1. The van der Waals surface area contributed by atoms with Crippen LogP contribution in [0.5, 0.6) is 0 Å². The van der Waals surface area contributed by atoms with E-state index in [1.54, 1.807) is 24.4 Å². The lowest BCUT2D eigenvalue weighted by atomic mass is 10.0. The topological polar surface area (TPSA) is 79.5 Å². The molecule has 0 aliphatic rings. The summed E-state index contributed by atoms with van der Waals surface area (Å²) in [6.07, 6.45) is 1.94. The van der Waals surface area contributed by atoms with Crippen molar-refractivity contribution in [3.05, 3.63) is 59.3 Å². The number of nitrogen functional groups attached to an aromatic ring is 1. The number of carbonyl (C=O) groups excluding carboxylic acids is 1. The van der Waals surface area contributed by atoms with Crippen molar-refractivity contribution >= 4 is 11.6 Å². The summed E-state index contributed by atoms with van der Waals surface area (Å²) >= 11 is 0. The van der Waals surface area contributed by atoms with E-state index in [4.69, 9.17) is 5.73 Å². The highest BCUT2D eigenvalue weighted by atomic mass is 16.3. The molecule has 0 aliphatic heterocycles. The number of carbonyl (C=O) groups is 1. The van der Waals surface area contributed by atoms with Crippen molar-refractivity contribution in [2.75, 3.05) is 25.4 Å². The Morgan fingerprint density at radius 3 is 2.52 bits per heavy atom. The van der Waals surface area contributed by atoms with Crippen LogP contribution in [0.15, 0.2) is 42.6 Å². The van der Waals surface area contributed by atoms with Gasteiger partial charge in [0.1, 0.15) is 5.82 Å². The minimum atomic E-state index is -0.482. The standard InChI is InChI=1S/C22H27N3O2/c1-3-25(4-2)16-20(26)13-14-21(27)18-10-7-17(8-11-18)9-12-19-6-5-15-24-22(19)23/h5-8,10-11,15,20,26H,3-4,13-14,16H2,1-2H3,(H2,23,24). The Kier molecular flexibility index (Phi) is 8.00. The molecule has 2 rings (SSSR count). The van der Waals surface area contributed by atoms with Gasteiger partial charge in [0.05, 0.1) is 11.7 Å². The van der Waals surface area contributed by atoms with E-state index in [1.807, 2.05) is 18.2 Å². The van der Waals surface area contributed by atoms with E-state index in [0.29, 0.717) is 36.3 Å². The van der Waals surface area contributed by atoms with Gasteiger partial charge < -0.3 is 15.7 Å². The Morgan fingerprint density at radius 2 is 1.89 bits per heavy atom. The Bertz CT molecular complexity index is 802. The predicted molar refractivity (Wildman–Crippen MR) is 108 cm³/mol. The van der Waals surface area contributed by atoms with Gasteiger partial charge in [-0.1, -0.05) is 37.8 Å². The van der Waals surface area contributed by atoms with Crippen molar-refractivity contribution in [2.45, 2.75) is 32.8 Å². The fourth-order valence-corrected chi connectivity index (χ4v) is 2.72. The number of nitrogens with zero attached hydrogens (tertiary/aromatic N) is 2. The number of anilines is 1. The SMILES string of the molecule is CCN(CC)CC(O)CCC(=O)c1ccc(C#Cc2cccnc2N)cc1. The lowest BCUT2D eigenvalue weighted by molar-refractivity contribution is 0.0877. The third-order valence-corrected chi connectivity index (χ3v) is 4.45. The molecule has 0 saturated carbocycles. The first-order valence-electron chi connectivity index (χ1n) is 9.29. The molecule has 1 unspecified atom stereocenters. The normalized spacial score (nSPS) is 11.7. The van der Waals surface area contributed by atoms with Gasteiger partial charge >= 0.3 is 0 Å². The highest BCUT2D eigenvalue weighted by Crippen LogP contribution is 2.11. The maximum absolute atomic E-state index is 12.3. The van der Waals surface area contributed by atoms with E-state index in [9.17, 15) is 9.90 Å². The van der Waals surface area contributed by atoms with Crippen LogP contribution in [-0.4, -0.2) is 46.5 Å². The van der Waals surface area contributed by atoms with Crippen LogP contribution in [0.4, 0.5) is 5.82 Å². The Balaban J connectivity index is 1.91. The number of Topliss-reactive ketones (excluding diaryl/α,β-unsaturated/α-hetero) is 1. The Morgan fingerprint density at radius 1 is 1.19 bits per heavy atom. The Labute approximate surface area is 161 Å². The molecule has 5 heteroatoms. The molecule has 0 aliphatic carbocycles. The number of aromatic nitrogens is 1. The minimum absolute atomic E-state index is 0.0320. The number of aliphatic hydroxyl groups excluding tert-OH is 1. The average molecular weight is 365 g/mol. The fraction of sp³-hybridized carbons (Fsp3) is 0.364. The van der Waals surface area contributed by atoms with Crippen molar-refractivity contribution in [3.8, 4) is 11.8 Å². The molecule has 1 heterocycles. The molecule has 3 N–H and O–H groups in total. The van der Waals surface area contributed by atoms with Crippen LogP contribution in [0.2, 0.25) is 0 Å². The summed E-state index contributed by atoms with van der Waals surface area (Å²) < 4.78 is 0. The third-order valence-electron chi connectivity index (χ3n) is 4.45. The lowest BCUT2D eigenvalue weighted by Gasteiger charge is -2.21. The molecule has 2 aromatic rings. The van der Waals surface area contributed by atoms with Crippen molar-refractivity contribution in [3.63, 3.8) is 0 Å². The smallest absolute Gasteiger partial charge is 0.162 e. The van der Waals surface area contributed by atoms with Gasteiger partial charge in [0.25, 0.3) is 0 Å². The van der Waals surface area contributed by atoms with Crippen LogP contribution in [0.3, 0.4) is 0 Å². The molecule has 1 aromatic carbocycles. The van der Waals surface area contributed by atoms with E-state index >= 15 is 0 Å². The largest absolute Gasteiger partial charge is 0.392 e. The summed E-state index contributed by atoms with van der Waals surface area (Å²) in [6.45, 7) is 6.53. The van der Waals surface area contributed by atoms with E-state index < -0.39 is 6.10 Å². The van der Waals surface area contributed by atoms with E-state index in [1.165, 1.54) is 0 Å². The quantitative estimate of drug-likeness (QED) is 0.555. The number of aliphatic hydroxyl groups is 1. The Hall–Kier alpha value is -2.68. The number of ketones is 1. The van der Waals surface area contributed by atoms with Crippen LogP contribution in [0.25, 0.3) is 0 Å². The summed E-state index contributed by atoms with van der Waals surface area (Å²) in [7, 11) is 0. The van der Waals surface area contributed by atoms with Crippen LogP contribution in [-0.2, 0) is 0 Å². The van der Waals surface area contributed by atoms with Gasteiger partial charge in [-0.3, -0.25) is 4.79 Å². The maximum Gasteiger partial charge on any atom is 0.162 e. The first-order valence-corrected chi connectivity index (χ1v) is 9.29. The van der Waals surface area contributed by atoms with E-state index in [2.05, 4.69) is 35.6 Å². The molecular weight excluding hydrogens is 338 g/mol. The second-order valence-corrected chi connectivity index (χ2v) is 6.37. The number of rotatable bonds is 8. The van der Waals surface area contributed by atoms with Crippen molar-refractivity contribution in [1.82, 2.24) is 9.88 Å². The van der Waals surface area contributed by atoms with Crippen LogP contribution >= 0.6 is 0 Å². The molecule has 5 nitrogen and oxygen atoms in total. The van der Waals surface area contributed by atoms with E-state index in [-0.39, 0.29) is 5.78 Å². The van der Waals surface area contributed by atoms with Gasteiger partial charge in [-0.25, -0.2) is 4.98 Å². The molecule has 0 saturated heterocycles. The molecule has 1 atom stereocenters. The van der Waals surface area contributed by atoms with Gasteiger partial charge in [0.2, 0.25) is 0 Å². The second-order valence-electron chi connectivity index (χ2n) is 6.37. The van der Waals surface area contributed by atoms with Gasteiger partial charge in [-0.2, -0.15) is 0 Å². The number of pyridine rings is 1. The molecule has 1 aromatic heterocycles. The number of hydrogen-bond donors (Lipinski definition) is 2. The van der Waals surface area contributed by atoms with Crippen molar-refractivity contribution in [2.24, 2.45) is 0 Å². The molecule has 0 fully saturated rings. The zero-order chi connectivity index (χ0) is 19.6. The fourth-order valence-electron chi connectivity index (χ4n) is 2.72. The molecule has 27 heavy (non-hydrogen) atoms. The van der Waals surface area contributed by atoms with Gasteiger partial charge in [0, 0.05) is 30.3 Å². The number of likely N-dealkylation sites (N-methyl/N-ethyl adjacent to an activating group) is 1. The van der Waals surface area contributed by atoms with Crippen LogP contribution in [0, 0.1) is 11.8 Å². The monoisotopic (exact) mass is 365 g/mol. The molecule has 0 spiro atoms. The first kappa shape index (κ1) is 20.6. The van der Waals surface area contributed by atoms with E-state index in [0.717, 1.165) is 18.7 Å². The predicted octanol–water partition coefficient (Wildman–Crippen LogP) is 2.73. The highest BCUT2D eigenvalue weighted by Gasteiger charge is 2.12. The summed E-state index contributed by atoms with van der Waals surface area (Å²) in [4.78, 5) is 18.5. The summed E-state index contributed by atoms with van der Waals surface area (Å²) in [5.41, 5.74) is 7.89. The average Bonchev–Trinajstić information content (AvgIpc) is 2.70. The summed E-state index contributed by atoms with van der Waals surface area (Å²) in [5.74, 6) is 6.45. The maximum atomic E-state index is 12.3. The zero-order valence-corrected chi connectivity index (χ0v) is 16.0. The van der Waals surface area contributed by atoms with Gasteiger partial charge in [-0.05, 0) is 43.8 Å². The van der Waals surface area contributed by atoms with Crippen LogP contribution < -0.4 is 5.73 Å². The highest BCUT2D eigenvalue weighted by molar-refractivity contribution is 5.96. The number of hydrogen-bond acceptors (Lipinski definition) is 5. The third kappa shape index (κ3) is 6.52. The van der Waals surface area contributed by atoms with Gasteiger partial charge in [0.15, 0.2) is 5.78 Å². The number of nitrogens with two attached hydrogens (primary N) is 1. The molecule has 0 bridgehead atoms.